The van der Waals surface area contributed by atoms with E-state index < -0.39 is 4.92 Å². The Labute approximate surface area is 124 Å². The zero-order valence-corrected chi connectivity index (χ0v) is 12.2. The molecule has 3 rings (SSSR count). The molecule has 3 heterocycles. The second-order valence-electron chi connectivity index (χ2n) is 5.04. The number of ether oxygens (including phenoxy) is 1. The minimum absolute atomic E-state index is 0.0506. The summed E-state index contributed by atoms with van der Waals surface area (Å²) in [5.41, 5.74) is 0.205. The van der Waals surface area contributed by atoms with Crippen LogP contribution in [-0.4, -0.2) is 40.2 Å². The summed E-state index contributed by atoms with van der Waals surface area (Å²) in [6.45, 7) is 5.19. The van der Waals surface area contributed by atoms with Crippen LogP contribution in [0.1, 0.15) is 13.8 Å². The molecule has 0 spiro atoms. The van der Waals surface area contributed by atoms with Gasteiger partial charge in [-0.05, 0) is 13.8 Å². The lowest BCUT2D eigenvalue weighted by atomic mass is 10.2. The average molecular weight is 313 g/mol. The largest absolute Gasteiger partial charge is 0.421 e. The molecule has 2 aromatic heterocycles. The van der Waals surface area contributed by atoms with E-state index in [2.05, 4.69) is 9.97 Å². The molecule has 112 valence electrons. The molecule has 0 radical (unpaired) electrons. The molecule has 2 atom stereocenters. The first-order chi connectivity index (χ1) is 9.94. The Balaban J connectivity index is 1.99. The highest BCUT2D eigenvalue weighted by molar-refractivity contribution is 6.31. The van der Waals surface area contributed by atoms with Crippen molar-refractivity contribution in [3.05, 3.63) is 21.3 Å². The van der Waals surface area contributed by atoms with E-state index in [1.165, 1.54) is 6.07 Å². The molecule has 2 aromatic rings. The molecule has 0 amide bonds. The van der Waals surface area contributed by atoms with E-state index in [-0.39, 0.29) is 34.3 Å². The Bertz CT molecular complexity index is 694. The first-order valence-electron chi connectivity index (χ1n) is 6.46. The number of halogens is 1. The van der Waals surface area contributed by atoms with Crippen molar-refractivity contribution in [1.82, 2.24) is 9.97 Å². The highest BCUT2D eigenvalue weighted by Crippen LogP contribution is 2.30. The normalized spacial score (nSPS) is 22.7. The third-order valence-electron chi connectivity index (χ3n) is 3.19. The second-order valence-corrected chi connectivity index (χ2v) is 5.39. The maximum Gasteiger partial charge on any atom is 0.310 e. The van der Waals surface area contributed by atoms with Gasteiger partial charge in [-0.2, -0.15) is 4.98 Å². The zero-order chi connectivity index (χ0) is 15.1. The van der Waals surface area contributed by atoms with Gasteiger partial charge in [0, 0.05) is 13.1 Å². The van der Waals surface area contributed by atoms with E-state index in [0.717, 1.165) is 0 Å². The highest BCUT2D eigenvalue weighted by atomic mass is 35.5. The molecule has 0 bridgehead atoms. The maximum atomic E-state index is 10.9. The molecule has 21 heavy (non-hydrogen) atoms. The molecule has 1 aliphatic rings. The number of nitro groups is 1. The number of hydrogen-bond acceptors (Lipinski definition) is 7. The molecule has 1 fully saturated rings. The number of fused-ring (bicyclic) bond motifs is 1. The Hall–Kier alpha value is -1.93. The number of anilines is 1. The molecule has 0 saturated carbocycles. The van der Waals surface area contributed by atoms with E-state index >= 15 is 0 Å². The zero-order valence-electron chi connectivity index (χ0n) is 11.4. The van der Waals surface area contributed by atoms with E-state index in [1.807, 2.05) is 18.7 Å². The molecule has 9 heteroatoms. The van der Waals surface area contributed by atoms with Crippen LogP contribution in [-0.2, 0) is 4.74 Å². The third kappa shape index (κ3) is 2.64. The van der Waals surface area contributed by atoms with Crippen molar-refractivity contribution in [1.29, 1.82) is 0 Å². The Morgan fingerprint density at radius 2 is 2.05 bits per heavy atom. The van der Waals surface area contributed by atoms with Gasteiger partial charge in [0.2, 0.25) is 10.8 Å². The Kier molecular flexibility index (Phi) is 3.42. The van der Waals surface area contributed by atoms with Crippen molar-refractivity contribution in [2.45, 2.75) is 26.1 Å². The topological polar surface area (TPSA) is 94.5 Å². The number of rotatable bonds is 2. The van der Waals surface area contributed by atoms with Crippen LogP contribution in [0.5, 0.6) is 0 Å². The van der Waals surface area contributed by atoms with Gasteiger partial charge in [-0.15, -0.1) is 0 Å². The van der Waals surface area contributed by atoms with Crippen molar-refractivity contribution in [3.8, 4) is 0 Å². The summed E-state index contributed by atoms with van der Waals surface area (Å²) < 4.78 is 11.2. The summed E-state index contributed by atoms with van der Waals surface area (Å²) in [6, 6.07) is 1.62. The van der Waals surface area contributed by atoms with Crippen molar-refractivity contribution in [2.24, 2.45) is 0 Å². The van der Waals surface area contributed by atoms with Gasteiger partial charge in [-0.1, -0.05) is 11.6 Å². The van der Waals surface area contributed by atoms with Gasteiger partial charge < -0.3 is 14.1 Å². The predicted molar refractivity (Wildman–Crippen MR) is 75.7 cm³/mol. The smallest absolute Gasteiger partial charge is 0.310 e. The number of nitrogens with zero attached hydrogens (tertiary/aromatic N) is 4. The van der Waals surface area contributed by atoms with Gasteiger partial charge >= 0.3 is 5.69 Å². The van der Waals surface area contributed by atoms with Crippen LogP contribution in [0.3, 0.4) is 0 Å². The van der Waals surface area contributed by atoms with Crippen LogP contribution in [0.4, 0.5) is 11.7 Å². The SMILES string of the molecule is CC1CN(c2nc3nc(Cl)c([N+](=O)[O-])cc3o2)CC(C)O1. The summed E-state index contributed by atoms with van der Waals surface area (Å²) in [4.78, 5) is 20.3. The fourth-order valence-electron chi connectivity index (χ4n) is 2.42. The van der Waals surface area contributed by atoms with Gasteiger partial charge in [0.1, 0.15) is 0 Å². The molecule has 0 aliphatic carbocycles. The van der Waals surface area contributed by atoms with Crippen LogP contribution in [0.15, 0.2) is 10.5 Å². The molecule has 2 unspecified atom stereocenters. The Morgan fingerprint density at radius 3 is 2.67 bits per heavy atom. The first-order valence-corrected chi connectivity index (χ1v) is 6.83. The molecular formula is C12H13ClN4O4. The van der Waals surface area contributed by atoms with E-state index in [4.69, 9.17) is 20.8 Å². The molecule has 8 nitrogen and oxygen atoms in total. The van der Waals surface area contributed by atoms with Crippen molar-refractivity contribution < 1.29 is 14.1 Å². The van der Waals surface area contributed by atoms with Gasteiger partial charge in [0.05, 0.1) is 23.2 Å². The molecule has 0 N–H and O–H groups in total. The molecule has 1 aliphatic heterocycles. The van der Waals surface area contributed by atoms with Crippen molar-refractivity contribution in [3.63, 3.8) is 0 Å². The molecule has 0 aromatic carbocycles. The predicted octanol–water partition coefficient (Wildman–Crippen LogP) is 2.40. The van der Waals surface area contributed by atoms with Gasteiger partial charge in [0.25, 0.3) is 6.01 Å². The van der Waals surface area contributed by atoms with Crippen molar-refractivity contribution in [2.75, 3.05) is 18.0 Å². The number of pyridine rings is 1. The monoisotopic (exact) mass is 312 g/mol. The standard InChI is InChI=1S/C12H13ClN4O4/c1-6-4-16(5-7(2)20-6)12-15-11-9(21-12)3-8(17(18)19)10(13)14-11/h3,6-7H,4-5H2,1-2H3. The van der Waals surface area contributed by atoms with E-state index in [1.54, 1.807) is 0 Å². The van der Waals surface area contributed by atoms with E-state index in [0.29, 0.717) is 19.1 Å². The summed E-state index contributed by atoms with van der Waals surface area (Å²) in [7, 11) is 0. The Morgan fingerprint density at radius 1 is 1.38 bits per heavy atom. The van der Waals surface area contributed by atoms with E-state index in [9.17, 15) is 10.1 Å². The molecular weight excluding hydrogens is 300 g/mol. The lowest BCUT2D eigenvalue weighted by molar-refractivity contribution is -0.384. The quantitative estimate of drug-likeness (QED) is 0.477. The summed E-state index contributed by atoms with van der Waals surface area (Å²) in [6.07, 6.45) is 0.101. The van der Waals surface area contributed by atoms with Gasteiger partial charge in [-0.3, -0.25) is 10.1 Å². The average Bonchev–Trinajstić information content (AvgIpc) is 2.79. The number of oxazole rings is 1. The lowest BCUT2D eigenvalue weighted by Gasteiger charge is -2.34. The second kappa shape index (κ2) is 5.12. The summed E-state index contributed by atoms with van der Waals surface area (Å²) >= 11 is 5.77. The van der Waals surface area contributed by atoms with Crippen LogP contribution in [0, 0.1) is 10.1 Å². The van der Waals surface area contributed by atoms with Crippen LogP contribution in [0.25, 0.3) is 11.2 Å². The first kappa shape index (κ1) is 14.0. The van der Waals surface area contributed by atoms with Crippen molar-refractivity contribution >= 4 is 34.5 Å². The van der Waals surface area contributed by atoms with Crippen LogP contribution in [0.2, 0.25) is 5.15 Å². The van der Waals surface area contributed by atoms with Crippen LogP contribution < -0.4 is 4.90 Å². The summed E-state index contributed by atoms with van der Waals surface area (Å²) in [5, 5.41) is 10.7. The fraction of sp³-hybridized carbons (Fsp3) is 0.500. The highest BCUT2D eigenvalue weighted by Gasteiger charge is 2.27. The van der Waals surface area contributed by atoms with Gasteiger partial charge in [-0.25, -0.2) is 4.98 Å². The van der Waals surface area contributed by atoms with Gasteiger partial charge in [0.15, 0.2) is 5.58 Å². The lowest BCUT2D eigenvalue weighted by Crippen LogP contribution is -2.45. The minimum Gasteiger partial charge on any atom is -0.421 e. The van der Waals surface area contributed by atoms with Crippen LogP contribution >= 0.6 is 11.6 Å². The fourth-order valence-corrected chi connectivity index (χ4v) is 2.62. The minimum atomic E-state index is -0.601. The number of morpholine rings is 1. The number of aromatic nitrogens is 2. The summed E-state index contributed by atoms with van der Waals surface area (Å²) in [5.74, 6) is 0. The molecule has 1 saturated heterocycles. The third-order valence-corrected chi connectivity index (χ3v) is 3.47. The maximum absolute atomic E-state index is 10.9. The number of hydrogen-bond donors (Lipinski definition) is 0.